The van der Waals surface area contributed by atoms with E-state index in [2.05, 4.69) is 57.7 Å². The van der Waals surface area contributed by atoms with E-state index in [1.165, 1.54) is 0 Å². The molecule has 614 valence electrons. The molecule has 9 N–H and O–H groups in total. The summed E-state index contributed by atoms with van der Waals surface area (Å²) in [6.45, 7) is 10.1. The Labute approximate surface area is 673 Å². The highest BCUT2D eigenvalue weighted by Crippen LogP contribution is 2.32. The molecule has 0 saturated heterocycles. The summed E-state index contributed by atoms with van der Waals surface area (Å²) < 4.78 is 42.7. The normalized spacial score (nSPS) is 22.5. The minimum Gasteiger partial charge on any atom is -0.492 e. The zero-order valence-corrected chi connectivity index (χ0v) is 66.0. The molecule has 8 unspecified atom stereocenters. The number of ether oxygens (including phenoxy) is 7. The van der Waals surface area contributed by atoms with Gasteiger partial charge in [0.1, 0.15) is 42.5 Å². The van der Waals surface area contributed by atoms with Crippen molar-refractivity contribution in [1.82, 2.24) is 62.6 Å². The largest absolute Gasteiger partial charge is 0.492 e. The van der Waals surface area contributed by atoms with Crippen LogP contribution in [0.3, 0.4) is 0 Å². The predicted molar refractivity (Wildman–Crippen MR) is 432 cm³/mol. The SMILES string of the molecule is CC(C)(C)OC(=O)NCCOCCOCCNC(=O)C1=CC=CC(C(=O)NCCN2CCNC(=O)C3=C(OCc4ccccc4)C(CC=C3)C(=O)NCCN3CCNC(=O)C4=CC=CC(C(=O)NCCN(CCNC(=O)C5=C(OCc6ccccc6)C(CC=C5)C(=O)NCC3)CC2)C4OCc2ccccc2)C1OCc1ccccc1. The molecular weight excluding hydrogens is 1470 g/mol. The summed E-state index contributed by atoms with van der Waals surface area (Å²) in [5.41, 5.74) is 3.53. The van der Waals surface area contributed by atoms with Crippen LogP contribution in [0.4, 0.5) is 4.79 Å². The van der Waals surface area contributed by atoms with E-state index in [0.717, 1.165) is 22.3 Å². The lowest BCUT2D eigenvalue weighted by Gasteiger charge is -2.31. The van der Waals surface area contributed by atoms with E-state index < -0.39 is 77.1 Å². The van der Waals surface area contributed by atoms with E-state index in [-0.39, 0.29) is 222 Å². The van der Waals surface area contributed by atoms with Gasteiger partial charge in [-0.2, -0.15) is 0 Å². The Bertz CT molecular complexity index is 4160. The van der Waals surface area contributed by atoms with Crippen LogP contribution in [-0.4, -0.2) is 230 Å². The number of carbonyl (C=O) groups is 9. The summed E-state index contributed by atoms with van der Waals surface area (Å²) in [5.74, 6) is -6.66. The predicted octanol–water partition coefficient (Wildman–Crippen LogP) is 4.90. The molecule has 8 bridgehead atoms. The van der Waals surface area contributed by atoms with Crippen molar-refractivity contribution in [3.05, 3.63) is 238 Å². The monoisotopic (exact) mass is 1580 g/mol. The molecule has 7 aliphatic rings. The first-order chi connectivity index (χ1) is 55.9. The number of carbonyl (C=O) groups excluding carboxylic acids is 9. The van der Waals surface area contributed by atoms with Gasteiger partial charge >= 0.3 is 6.09 Å². The number of rotatable bonds is 26. The van der Waals surface area contributed by atoms with Crippen LogP contribution in [0, 0.1) is 23.7 Å². The molecule has 28 nitrogen and oxygen atoms in total. The highest BCUT2D eigenvalue weighted by molar-refractivity contribution is 6.00. The molecular formula is C87H110N12O16. The number of nitrogens with one attached hydrogen (secondary N) is 9. The maximum absolute atomic E-state index is 14.8. The van der Waals surface area contributed by atoms with Crippen LogP contribution in [0.5, 0.6) is 0 Å². The van der Waals surface area contributed by atoms with Gasteiger partial charge in [-0.15, -0.1) is 0 Å². The fourth-order valence-electron chi connectivity index (χ4n) is 13.8. The molecule has 8 atom stereocenters. The molecule has 0 saturated carbocycles. The highest BCUT2D eigenvalue weighted by Gasteiger charge is 2.39. The van der Waals surface area contributed by atoms with Gasteiger partial charge in [0.15, 0.2) is 0 Å². The van der Waals surface area contributed by atoms with Gasteiger partial charge in [-0.1, -0.05) is 170 Å². The van der Waals surface area contributed by atoms with Crippen LogP contribution < -0.4 is 47.9 Å². The number of benzene rings is 4. The standard InChI is InChI=1S/C87H110N12O16/c1-87(2,3)115-86(108)96-44-55-110-57-56-109-54-43-95-85(107)73-35-19-34-72(77(73)114-61-65-26-14-7-15-27-65)84(106)94-42-51-99-50-41-93-83(105)71-33-18-30-68(76(71)113-60-64-24-12-6-13-25-64)80(102)90-38-47-97-45-36-88-78(100)66-28-16-31-69(74(66)111-58-62-20-8-4-9-21-62)81(103)91-39-48-98(52-53-99)49-40-92-82(104)70-32-17-29-67(79(101)89-37-46-97)75(70)112-59-63-22-10-5-11-23-63/h4-28,31-35,67-69,72,74,77H,29-30,36-61H2,1-3H3,(H,88,100)(H,89,101)(H,90,102)(H,91,103)(H,92,104)(H,93,105)(H,94,106)(H,95,107)(H,96,108). The van der Waals surface area contributed by atoms with Crippen molar-refractivity contribution in [2.24, 2.45) is 23.7 Å². The number of hydrogen-bond donors (Lipinski definition) is 9. The average Bonchev–Trinajstić information content (AvgIpc) is 0.846. The van der Waals surface area contributed by atoms with Crippen molar-refractivity contribution < 1.29 is 76.3 Å². The first kappa shape index (κ1) is 86.6. The van der Waals surface area contributed by atoms with Gasteiger partial charge in [0.25, 0.3) is 11.8 Å². The van der Waals surface area contributed by atoms with Crippen LogP contribution in [0.25, 0.3) is 0 Å². The van der Waals surface area contributed by atoms with Gasteiger partial charge in [0.05, 0.1) is 74.5 Å². The minimum absolute atomic E-state index is 0.0666. The topological polar surface area (TPSA) is 336 Å². The third-order valence-corrected chi connectivity index (χ3v) is 19.8. The number of hydrogen-bond acceptors (Lipinski definition) is 19. The molecule has 11 rings (SSSR count). The molecule has 9 amide bonds. The zero-order valence-electron chi connectivity index (χ0n) is 66.0. The summed E-state index contributed by atoms with van der Waals surface area (Å²) in [4.78, 5) is 135. The van der Waals surface area contributed by atoms with E-state index in [1.54, 1.807) is 81.5 Å². The van der Waals surface area contributed by atoms with Gasteiger partial charge in [0, 0.05) is 129 Å². The fourth-order valence-corrected chi connectivity index (χ4v) is 13.8. The van der Waals surface area contributed by atoms with E-state index in [9.17, 15) is 43.2 Å². The first-order valence-corrected chi connectivity index (χ1v) is 39.7. The van der Waals surface area contributed by atoms with Crippen molar-refractivity contribution >= 4 is 53.4 Å². The quantitative estimate of drug-likeness (QED) is 0.0378. The van der Waals surface area contributed by atoms with E-state index in [4.69, 9.17) is 33.2 Å². The van der Waals surface area contributed by atoms with Crippen molar-refractivity contribution in [3.63, 3.8) is 0 Å². The molecule has 28 heteroatoms. The van der Waals surface area contributed by atoms with Gasteiger partial charge in [-0.3, -0.25) is 53.1 Å². The lowest BCUT2D eigenvalue weighted by molar-refractivity contribution is -0.130. The molecule has 4 aromatic carbocycles. The number of amides is 9. The highest BCUT2D eigenvalue weighted by atomic mass is 16.6. The summed E-state index contributed by atoms with van der Waals surface area (Å²) >= 11 is 0. The summed E-state index contributed by atoms with van der Waals surface area (Å²) in [7, 11) is 0. The number of nitrogens with zero attached hydrogens (tertiary/aromatic N) is 3. The van der Waals surface area contributed by atoms with Gasteiger partial charge in [-0.05, 0) is 68.0 Å². The van der Waals surface area contributed by atoms with Crippen LogP contribution in [0.15, 0.2) is 216 Å². The maximum atomic E-state index is 14.8. The van der Waals surface area contributed by atoms with Crippen LogP contribution >= 0.6 is 0 Å². The lowest BCUT2D eigenvalue weighted by atomic mass is 9.89. The fraction of sp³-hybridized carbons (Fsp3) is 0.437. The molecule has 4 aromatic rings. The smallest absolute Gasteiger partial charge is 0.407 e. The molecule has 0 fully saturated rings. The Morgan fingerprint density at radius 3 is 1.43 bits per heavy atom. The van der Waals surface area contributed by atoms with Crippen LogP contribution in [-0.2, 0) is 97.9 Å². The van der Waals surface area contributed by atoms with E-state index >= 15 is 0 Å². The zero-order chi connectivity index (χ0) is 81.0. The summed E-state index contributed by atoms with van der Waals surface area (Å²) in [6, 6.07) is 37.8. The third kappa shape index (κ3) is 28.0. The summed E-state index contributed by atoms with van der Waals surface area (Å²) in [5, 5.41) is 27.3. The van der Waals surface area contributed by atoms with Gasteiger partial charge in [0.2, 0.25) is 35.4 Å². The van der Waals surface area contributed by atoms with E-state index in [0.29, 0.717) is 13.1 Å². The Kier molecular flexibility index (Phi) is 34.5. The van der Waals surface area contributed by atoms with Crippen molar-refractivity contribution in [3.8, 4) is 0 Å². The second kappa shape index (κ2) is 45.9. The number of allylic oxidation sites excluding steroid dienone is 6. The minimum atomic E-state index is -1.01. The van der Waals surface area contributed by atoms with Crippen LogP contribution in [0.2, 0.25) is 0 Å². The number of fused-ring (bicyclic) bond motifs is 21. The van der Waals surface area contributed by atoms with Gasteiger partial charge < -0.3 is 81.0 Å². The Balaban J connectivity index is 0.916. The average molecular weight is 1580 g/mol. The lowest BCUT2D eigenvalue weighted by Crippen LogP contribution is -2.48. The second-order valence-electron chi connectivity index (χ2n) is 29.4. The molecule has 0 radical (unpaired) electrons. The molecule has 3 heterocycles. The van der Waals surface area contributed by atoms with Crippen LogP contribution in [0.1, 0.15) is 55.9 Å². The Hall–Kier alpha value is -10.9. The van der Waals surface area contributed by atoms with E-state index in [1.807, 2.05) is 126 Å². The van der Waals surface area contributed by atoms with Gasteiger partial charge in [-0.25, -0.2) is 4.79 Å². The molecule has 3 aliphatic heterocycles. The van der Waals surface area contributed by atoms with Crippen molar-refractivity contribution in [1.29, 1.82) is 0 Å². The second-order valence-corrected chi connectivity index (χ2v) is 29.4. The third-order valence-electron chi connectivity index (χ3n) is 19.8. The molecule has 115 heavy (non-hydrogen) atoms. The van der Waals surface area contributed by atoms with Crippen molar-refractivity contribution in [2.75, 3.05) is 144 Å². The summed E-state index contributed by atoms with van der Waals surface area (Å²) in [6.07, 6.45) is 14.9. The first-order valence-electron chi connectivity index (χ1n) is 39.7. The number of alkyl carbamates (subject to hydrolysis) is 1. The Morgan fingerprint density at radius 1 is 0.461 bits per heavy atom. The van der Waals surface area contributed by atoms with Crippen molar-refractivity contribution in [2.45, 2.75) is 77.8 Å². The molecule has 4 aliphatic carbocycles. The Morgan fingerprint density at radius 2 is 0.913 bits per heavy atom. The molecule has 0 aromatic heterocycles. The maximum Gasteiger partial charge on any atom is 0.407 e. The molecule has 0 spiro atoms.